The van der Waals surface area contributed by atoms with Crippen molar-refractivity contribution < 1.29 is 9.53 Å². The normalized spacial score (nSPS) is 14.6. The average Bonchev–Trinajstić information content (AvgIpc) is 2.85. The van der Waals surface area contributed by atoms with E-state index in [1.807, 2.05) is 47.8 Å². The van der Waals surface area contributed by atoms with Gasteiger partial charge in [-0.3, -0.25) is 4.79 Å². The molecule has 0 saturated heterocycles. The first-order valence-electron chi connectivity index (χ1n) is 7.21. The van der Waals surface area contributed by atoms with Crippen molar-refractivity contribution >= 4 is 5.91 Å². The quantitative estimate of drug-likeness (QED) is 0.861. The van der Waals surface area contributed by atoms with Gasteiger partial charge in [0, 0.05) is 19.3 Å². The van der Waals surface area contributed by atoms with Gasteiger partial charge in [-0.1, -0.05) is 30.3 Å². The fourth-order valence-corrected chi connectivity index (χ4v) is 2.52. The van der Waals surface area contributed by atoms with Crippen LogP contribution in [0.25, 0.3) is 0 Å². The molecule has 21 heavy (non-hydrogen) atoms. The minimum Gasteiger partial charge on any atom is -0.367 e. The number of carbonyl (C=O) groups excluding carboxylic acids is 1. The van der Waals surface area contributed by atoms with E-state index in [0.717, 1.165) is 30.8 Å². The highest BCUT2D eigenvalue weighted by Crippen LogP contribution is 2.12. The maximum atomic E-state index is 12.2. The van der Waals surface area contributed by atoms with Crippen LogP contribution in [0.15, 0.2) is 42.9 Å². The minimum atomic E-state index is 0.0422. The van der Waals surface area contributed by atoms with Crippen molar-refractivity contribution in [3.63, 3.8) is 0 Å². The molecule has 2 heterocycles. The number of nitrogens with zero attached hydrogens (tertiary/aromatic N) is 3. The summed E-state index contributed by atoms with van der Waals surface area (Å²) in [4.78, 5) is 18.2. The summed E-state index contributed by atoms with van der Waals surface area (Å²) in [6.45, 7) is 2.91. The minimum absolute atomic E-state index is 0.0422. The summed E-state index contributed by atoms with van der Waals surface area (Å²) in [5.41, 5.74) is 2.17. The highest BCUT2D eigenvalue weighted by atomic mass is 16.5. The maximum absolute atomic E-state index is 12.2. The highest BCUT2D eigenvalue weighted by molar-refractivity contribution is 5.77. The molecule has 0 fully saturated rings. The van der Waals surface area contributed by atoms with E-state index in [2.05, 4.69) is 9.55 Å². The molecule has 110 valence electrons. The average molecular weight is 285 g/mol. The van der Waals surface area contributed by atoms with E-state index in [9.17, 15) is 4.79 Å². The first kappa shape index (κ1) is 13.8. The van der Waals surface area contributed by atoms with E-state index in [1.165, 1.54) is 0 Å². The molecule has 3 rings (SSSR count). The molecule has 1 aliphatic heterocycles. The third-order valence-electron chi connectivity index (χ3n) is 3.67. The third-order valence-corrected chi connectivity index (χ3v) is 3.67. The zero-order valence-corrected chi connectivity index (χ0v) is 11.9. The molecule has 0 radical (unpaired) electrons. The molecule has 5 nitrogen and oxygen atoms in total. The zero-order valence-electron chi connectivity index (χ0n) is 11.9. The number of hydrogen-bond donors (Lipinski definition) is 0. The van der Waals surface area contributed by atoms with Crippen LogP contribution in [0.1, 0.15) is 17.7 Å². The largest absolute Gasteiger partial charge is 0.367 e. The van der Waals surface area contributed by atoms with Gasteiger partial charge in [0.1, 0.15) is 6.61 Å². The summed E-state index contributed by atoms with van der Waals surface area (Å²) < 4.78 is 7.64. The van der Waals surface area contributed by atoms with E-state index in [0.29, 0.717) is 13.2 Å². The number of carbonyl (C=O) groups is 1. The van der Waals surface area contributed by atoms with Gasteiger partial charge in [-0.05, 0) is 12.0 Å². The topological polar surface area (TPSA) is 47.4 Å². The van der Waals surface area contributed by atoms with E-state index >= 15 is 0 Å². The molecule has 0 atom stereocenters. The van der Waals surface area contributed by atoms with Gasteiger partial charge in [0.2, 0.25) is 5.91 Å². The first-order chi connectivity index (χ1) is 10.3. The second kappa shape index (κ2) is 6.54. The van der Waals surface area contributed by atoms with Gasteiger partial charge in [0.05, 0.1) is 25.2 Å². The van der Waals surface area contributed by atoms with Crippen LogP contribution in [0, 0.1) is 0 Å². The van der Waals surface area contributed by atoms with Crippen molar-refractivity contribution in [1.29, 1.82) is 0 Å². The number of amides is 1. The van der Waals surface area contributed by atoms with Crippen LogP contribution in [0.5, 0.6) is 0 Å². The molecule has 0 N–H and O–H groups in total. The Kier molecular flexibility index (Phi) is 4.31. The Morgan fingerprint density at radius 3 is 2.95 bits per heavy atom. The summed E-state index contributed by atoms with van der Waals surface area (Å²) in [5, 5.41) is 0. The third kappa shape index (κ3) is 3.49. The summed E-state index contributed by atoms with van der Waals surface area (Å²) in [5.74, 6) is 0.0422. The molecule has 5 heteroatoms. The summed E-state index contributed by atoms with van der Waals surface area (Å²) in [6.07, 6.45) is 4.61. The number of rotatable bonds is 4. The molecule has 0 unspecified atom stereocenters. The lowest BCUT2D eigenvalue weighted by Gasteiger charge is -2.19. The monoisotopic (exact) mass is 285 g/mol. The standard InChI is InChI=1S/C16H19N3O2/c20-16(12-21-11-14-5-2-1-3-6-14)18-7-4-8-19-13-17-9-15(19)10-18/h1-3,5-6,9,13H,4,7-8,10-12H2. The number of aromatic nitrogens is 2. The zero-order chi connectivity index (χ0) is 14.5. The molecule has 1 aliphatic rings. The van der Waals surface area contributed by atoms with E-state index < -0.39 is 0 Å². The van der Waals surface area contributed by atoms with Crippen LogP contribution < -0.4 is 0 Å². The predicted octanol–water partition coefficient (Wildman–Crippen LogP) is 1.83. The van der Waals surface area contributed by atoms with Gasteiger partial charge in [0.15, 0.2) is 0 Å². The van der Waals surface area contributed by atoms with Gasteiger partial charge >= 0.3 is 0 Å². The fourth-order valence-electron chi connectivity index (χ4n) is 2.52. The van der Waals surface area contributed by atoms with E-state index in [-0.39, 0.29) is 12.5 Å². The molecule has 1 amide bonds. The molecule has 0 saturated carbocycles. The number of ether oxygens (including phenoxy) is 1. The molecule has 1 aromatic carbocycles. The van der Waals surface area contributed by atoms with Crippen LogP contribution in [0.4, 0.5) is 0 Å². The number of benzene rings is 1. The lowest BCUT2D eigenvalue weighted by atomic mass is 10.2. The van der Waals surface area contributed by atoms with Crippen molar-refractivity contribution in [3.05, 3.63) is 54.1 Å². The Balaban J connectivity index is 1.51. The molecule has 1 aromatic heterocycles. The Morgan fingerprint density at radius 2 is 2.10 bits per heavy atom. The number of imidazole rings is 1. The first-order valence-corrected chi connectivity index (χ1v) is 7.21. The molecule has 0 spiro atoms. The number of fused-ring (bicyclic) bond motifs is 1. The van der Waals surface area contributed by atoms with Crippen molar-refractivity contribution in [2.75, 3.05) is 13.2 Å². The smallest absolute Gasteiger partial charge is 0.248 e. The fraction of sp³-hybridized carbons (Fsp3) is 0.375. The van der Waals surface area contributed by atoms with Gasteiger partial charge in [-0.25, -0.2) is 4.98 Å². The Bertz CT molecular complexity index is 595. The Hall–Kier alpha value is -2.14. The van der Waals surface area contributed by atoms with Crippen LogP contribution in [-0.2, 0) is 29.2 Å². The van der Waals surface area contributed by atoms with Gasteiger partial charge in [-0.2, -0.15) is 0 Å². The second-order valence-corrected chi connectivity index (χ2v) is 5.23. The van der Waals surface area contributed by atoms with Crippen LogP contribution in [0.2, 0.25) is 0 Å². The summed E-state index contributed by atoms with van der Waals surface area (Å²) in [6, 6.07) is 9.89. The molecule has 0 bridgehead atoms. The lowest BCUT2D eigenvalue weighted by molar-refractivity contribution is -0.137. The van der Waals surface area contributed by atoms with Gasteiger partial charge in [0.25, 0.3) is 0 Å². The maximum Gasteiger partial charge on any atom is 0.248 e. The highest BCUT2D eigenvalue weighted by Gasteiger charge is 2.18. The molecular weight excluding hydrogens is 266 g/mol. The van der Waals surface area contributed by atoms with Crippen LogP contribution in [0.3, 0.4) is 0 Å². The summed E-state index contributed by atoms with van der Waals surface area (Å²) >= 11 is 0. The number of hydrogen-bond acceptors (Lipinski definition) is 3. The molecule has 2 aromatic rings. The van der Waals surface area contributed by atoms with Crippen LogP contribution in [-0.4, -0.2) is 33.5 Å². The number of aryl methyl sites for hydroxylation is 1. The lowest BCUT2D eigenvalue weighted by Crippen LogP contribution is -2.33. The summed E-state index contributed by atoms with van der Waals surface area (Å²) in [7, 11) is 0. The Morgan fingerprint density at radius 1 is 1.24 bits per heavy atom. The van der Waals surface area contributed by atoms with Crippen molar-refractivity contribution in [2.45, 2.75) is 26.1 Å². The molecular formula is C16H19N3O2. The van der Waals surface area contributed by atoms with E-state index in [1.54, 1.807) is 0 Å². The van der Waals surface area contributed by atoms with Crippen molar-refractivity contribution in [2.24, 2.45) is 0 Å². The van der Waals surface area contributed by atoms with Crippen molar-refractivity contribution in [1.82, 2.24) is 14.5 Å². The second-order valence-electron chi connectivity index (χ2n) is 5.23. The van der Waals surface area contributed by atoms with Crippen LogP contribution >= 0.6 is 0 Å². The van der Waals surface area contributed by atoms with Gasteiger partial charge < -0.3 is 14.2 Å². The SMILES string of the molecule is O=C(COCc1ccccc1)N1CCCn2cncc2C1. The van der Waals surface area contributed by atoms with Gasteiger partial charge in [-0.15, -0.1) is 0 Å². The molecule has 0 aliphatic carbocycles. The van der Waals surface area contributed by atoms with E-state index in [4.69, 9.17) is 4.74 Å². The van der Waals surface area contributed by atoms with Crippen molar-refractivity contribution in [3.8, 4) is 0 Å². The predicted molar refractivity (Wildman–Crippen MR) is 78.4 cm³/mol. The Labute approximate surface area is 124 Å².